The fraction of sp³-hybridized carbons (Fsp3) is 0.160. The number of ether oxygens (including phenoxy) is 1. The van der Waals surface area contributed by atoms with Gasteiger partial charge in [0.1, 0.15) is 0 Å². The van der Waals surface area contributed by atoms with Crippen molar-refractivity contribution in [3.63, 3.8) is 0 Å². The molecule has 0 aliphatic rings. The number of amides is 1. The number of anilines is 1. The van der Waals surface area contributed by atoms with Crippen molar-refractivity contribution in [3.05, 3.63) is 101 Å². The number of hydrogen-bond donors (Lipinski definition) is 1. The van der Waals surface area contributed by atoms with E-state index >= 15 is 0 Å². The summed E-state index contributed by atoms with van der Waals surface area (Å²) in [4.78, 5) is 37.7. The lowest BCUT2D eigenvalue weighted by atomic mass is 9.95. The molecule has 1 N–H and O–H groups in total. The highest BCUT2D eigenvalue weighted by atomic mass is 16.5. The number of rotatable bonds is 7. The maximum atomic E-state index is 12.8. The van der Waals surface area contributed by atoms with Crippen molar-refractivity contribution in [2.75, 3.05) is 11.9 Å². The van der Waals surface area contributed by atoms with Crippen LogP contribution in [0.4, 0.5) is 5.69 Å². The highest BCUT2D eigenvalue weighted by Crippen LogP contribution is 2.23. The maximum absolute atomic E-state index is 12.8. The van der Waals surface area contributed by atoms with Crippen molar-refractivity contribution in [1.29, 1.82) is 0 Å². The van der Waals surface area contributed by atoms with Crippen LogP contribution in [0.3, 0.4) is 0 Å². The summed E-state index contributed by atoms with van der Waals surface area (Å²) in [5.41, 5.74) is 2.51. The lowest BCUT2D eigenvalue weighted by Gasteiger charge is -2.15. The molecule has 3 rings (SSSR count). The molecule has 1 atom stereocenters. The molecule has 5 nitrogen and oxygen atoms in total. The second kappa shape index (κ2) is 9.65. The molecule has 0 radical (unpaired) electrons. The van der Waals surface area contributed by atoms with Crippen molar-refractivity contribution in [2.24, 2.45) is 0 Å². The number of para-hydroxylation sites is 1. The van der Waals surface area contributed by atoms with E-state index in [1.807, 2.05) is 24.3 Å². The Morgan fingerprint density at radius 3 is 2.27 bits per heavy atom. The molecule has 0 aliphatic carbocycles. The van der Waals surface area contributed by atoms with Crippen LogP contribution in [0.5, 0.6) is 0 Å². The second-order valence-electron chi connectivity index (χ2n) is 6.80. The third kappa shape index (κ3) is 4.81. The van der Waals surface area contributed by atoms with Crippen LogP contribution in [-0.4, -0.2) is 24.3 Å². The van der Waals surface area contributed by atoms with E-state index in [1.54, 1.807) is 68.4 Å². The first-order valence-corrected chi connectivity index (χ1v) is 9.78. The van der Waals surface area contributed by atoms with E-state index in [4.69, 9.17) is 4.74 Å². The topological polar surface area (TPSA) is 72.5 Å². The lowest BCUT2D eigenvalue weighted by Crippen LogP contribution is -2.21. The van der Waals surface area contributed by atoms with Gasteiger partial charge in [-0.05, 0) is 37.6 Å². The van der Waals surface area contributed by atoms with E-state index in [2.05, 4.69) is 5.32 Å². The molecule has 0 fully saturated rings. The summed E-state index contributed by atoms with van der Waals surface area (Å²) in [5, 5.41) is 2.80. The number of ketones is 1. The van der Waals surface area contributed by atoms with Crippen LogP contribution >= 0.6 is 0 Å². The number of nitrogens with one attached hydrogen (secondary N) is 1. The molecule has 0 aromatic heterocycles. The number of carbonyl (C=O) groups excluding carboxylic acids is 3. The first kappa shape index (κ1) is 21.0. The fourth-order valence-corrected chi connectivity index (χ4v) is 3.08. The highest BCUT2D eigenvalue weighted by Gasteiger charge is 2.20. The minimum absolute atomic E-state index is 0.0993. The Labute approximate surface area is 175 Å². The zero-order valence-electron chi connectivity index (χ0n) is 16.9. The van der Waals surface area contributed by atoms with Crippen LogP contribution < -0.4 is 5.32 Å². The van der Waals surface area contributed by atoms with Crippen molar-refractivity contribution >= 4 is 23.3 Å². The Morgan fingerprint density at radius 2 is 1.53 bits per heavy atom. The van der Waals surface area contributed by atoms with Crippen molar-refractivity contribution < 1.29 is 19.1 Å². The van der Waals surface area contributed by atoms with Gasteiger partial charge in [-0.2, -0.15) is 0 Å². The Bertz CT molecular complexity index is 1060. The van der Waals surface area contributed by atoms with Crippen LogP contribution in [0.25, 0.3) is 0 Å². The monoisotopic (exact) mass is 401 g/mol. The van der Waals surface area contributed by atoms with Gasteiger partial charge in [-0.15, -0.1) is 0 Å². The van der Waals surface area contributed by atoms with E-state index in [0.717, 1.165) is 0 Å². The Balaban J connectivity index is 1.79. The molecular formula is C25H23NO4. The first-order valence-electron chi connectivity index (χ1n) is 9.78. The first-order chi connectivity index (χ1) is 14.5. The van der Waals surface area contributed by atoms with Crippen LogP contribution in [0.1, 0.15) is 51.6 Å². The van der Waals surface area contributed by atoms with Gasteiger partial charge in [-0.1, -0.05) is 60.7 Å². The van der Waals surface area contributed by atoms with Crippen LogP contribution in [0, 0.1) is 0 Å². The fourth-order valence-electron chi connectivity index (χ4n) is 3.08. The normalized spacial score (nSPS) is 11.4. The number of benzene rings is 3. The van der Waals surface area contributed by atoms with Gasteiger partial charge in [0.15, 0.2) is 5.78 Å². The minimum atomic E-state index is -0.524. The van der Waals surface area contributed by atoms with E-state index in [-0.39, 0.29) is 18.3 Å². The molecule has 5 heteroatoms. The molecule has 0 bridgehead atoms. The van der Waals surface area contributed by atoms with Gasteiger partial charge >= 0.3 is 5.97 Å². The van der Waals surface area contributed by atoms with Crippen LogP contribution in [0.15, 0.2) is 78.9 Å². The van der Waals surface area contributed by atoms with Crippen molar-refractivity contribution in [3.8, 4) is 0 Å². The number of carbonyl (C=O) groups is 3. The molecule has 0 saturated heterocycles. The zero-order valence-corrected chi connectivity index (χ0v) is 16.9. The van der Waals surface area contributed by atoms with E-state index < -0.39 is 11.9 Å². The molecule has 152 valence electrons. The van der Waals surface area contributed by atoms with Gasteiger partial charge in [0.2, 0.25) is 5.91 Å². The molecule has 0 spiro atoms. The molecule has 3 aromatic rings. The minimum Gasteiger partial charge on any atom is -0.462 e. The summed E-state index contributed by atoms with van der Waals surface area (Å²) in [6.07, 6.45) is 0. The maximum Gasteiger partial charge on any atom is 0.340 e. The van der Waals surface area contributed by atoms with Gasteiger partial charge in [0.25, 0.3) is 0 Å². The average molecular weight is 401 g/mol. The lowest BCUT2D eigenvalue weighted by molar-refractivity contribution is -0.117. The number of hydrogen-bond acceptors (Lipinski definition) is 4. The summed E-state index contributed by atoms with van der Waals surface area (Å²) in [5.74, 6) is -1.39. The van der Waals surface area contributed by atoms with Gasteiger partial charge in [0, 0.05) is 11.1 Å². The third-order valence-electron chi connectivity index (χ3n) is 4.76. The predicted octanol–water partition coefficient (Wildman–Crippen LogP) is 4.84. The average Bonchev–Trinajstić information content (AvgIpc) is 2.79. The molecule has 0 aliphatic heterocycles. The molecule has 30 heavy (non-hydrogen) atoms. The largest absolute Gasteiger partial charge is 0.462 e. The van der Waals surface area contributed by atoms with Crippen molar-refractivity contribution in [2.45, 2.75) is 19.8 Å². The molecule has 0 unspecified atom stereocenters. The summed E-state index contributed by atoms with van der Waals surface area (Å²) in [6, 6.07) is 22.8. The van der Waals surface area contributed by atoms with Gasteiger partial charge in [-0.3, -0.25) is 9.59 Å². The van der Waals surface area contributed by atoms with E-state index in [9.17, 15) is 14.4 Å². The Kier molecular flexibility index (Phi) is 6.75. The summed E-state index contributed by atoms with van der Waals surface area (Å²) < 4.78 is 5.05. The summed E-state index contributed by atoms with van der Waals surface area (Å²) >= 11 is 0. The van der Waals surface area contributed by atoms with Crippen LogP contribution in [-0.2, 0) is 9.53 Å². The highest BCUT2D eigenvalue weighted by molar-refractivity contribution is 6.09. The standard InChI is InChI=1S/C25H23NO4/c1-3-30-25(29)21-14-7-8-15-22(21)26-24(28)17(2)19-12-9-13-20(16-19)23(27)18-10-5-4-6-11-18/h4-17H,3H2,1-2H3,(H,26,28)/t17-/m1/s1. The van der Waals surface area contributed by atoms with Gasteiger partial charge < -0.3 is 10.1 Å². The second-order valence-corrected chi connectivity index (χ2v) is 6.80. The molecule has 3 aromatic carbocycles. The third-order valence-corrected chi connectivity index (χ3v) is 4.76. The summed E-state index contributed by atoms with van der Waals surface area (Å²) in [6.45, 7) is 3.74. The Morgan fingerprint density at radius 1 is 0.867 bits per heavy atom. The predicted molar refractivity (Wildman–Crippen MR) is 116 cm³/mol. The number of esters is 1. The van der Waals surface area contributed by atoms with E-state index in [1.165, 1.54) is 0 Å². The quantitative estimate of drug-likeness (QED) is 0.454. The van der Waals surface area contributed by atoms with Crippen molar-refractivity contribution in [1.82, 2.24) is 0 Å². The molecular weight excluding hydrogens is 378 g/mol. The smallest absolute Gasteiger partial charge is 0.340 e. The van der Waals surface area contributed by atoms with Gasteiger partial charge in [-0.25, -0.2) is 4.79 Å². The SMILES string of the molecule is CCOC(=O)c1ccccc1NC(=O)[C@H](C)c1cccc(C(=O)c2ccccc2)c1. The van der Waals surface area contributed by atoms with Gasteiger partial charge in [0.05, 0.1) is 23.8 Å². The zero-order chi connectivity index (χ0) is 21.5. The van der Waals surface area contributed by atoms with Crippen LogP contribution in [0.2, 0.25) is 0 Å². The Hall–Kier alpha value is -3.73. The summed E-state index contributed by atoms with van der Waals surface area (Å²) in [7, 11) is 0. The molecule has 1 amide bonds. The molecule has 0 heterocycles. The van der Waals surface area contributed by atoms with E-state index in [0.29, 0.717) is 27.9 Å². The molecule has 0 saturated carbocycles.